The number of thiazole rings is 1. The summed E-state index contributed by atoms with van der Waals surface area (Å²) >= 11 is 1.57. The van der Waals surface area contributed by atoms with E-state index in [2.05, 4.69) is 36.1 Å². The largest absolute Gasteiger partial charge is 0.308 e. The second-order valence-corrected chi connectivity index (χ2v) is 8.68. The number of aryl methyl sites for hydroxylation is 1. The van der Waals surface area contributed by atoms with Crippen molar-refractivity contribution in [2.45, 2.75) is 6.92 Å². The number of nitrogens with zero attached hydrogens (tertiary/aromatic N) is 3. The summed E-state index contributed by atoms with van der Waals surface area (Å²) in [5, 5.41) is 0.745. The number of likely N-dealkylation sites (N-methyl/N-ethyl adjacent to an activating group) is 1. The maximum absolute atomic E-state index is 13.4. The monoisotopic (exact) mass is 415 g/mol. The lowest BCUT2D eigenvalue weighted by atomic mass is 10.0. The number of hydrogen-bond acceptors (Lipinski definition) is 4. The van der Waals surface area contributed by atoms with Gasteiger partial charge in [-0.25, -0.2) is 4.98 Å². The molecule has 0 N–H and O–H groups in total. The van der Waals surface area contributed by atoms with Crippen LogP contribution in [0.3, 0.4) is 0 Å². The molecule has 0 aliphatic rings. The Labute approximate surface area is 181 Å². The van der Waals surface area contributed by atoms with Crippen LogP contribution in [0.15, 0.2) is 72.8 Å². The molecule has 5 heteroatoms. The molecular weight excluding hydrogens is 390 g/mol. The summed E-state index contributed by atoms with van der Waals surface area (Å²) in [4.78, 5) is 22.1. The Morgan fingerprint density at radius 1 is 0.900 bits per heavy atom. The lowest BCUT2D eigenvalue weighted by Gasteiger charge is -2.22. The Morgan fingerprint density at radius 3 is 2.30 bits per heavy atom. The van der Waals surface area contributed by atoms with E-state index in [9.17, 15) is 4.79 Å². The molecule has 3 aromatic carbocycles. The highest BCUT2D eigenvalue weighted by molar-refractivity contribution is 7.22. The van der Waals surface area contributed by atoms with Gasteiger partial charge in [0.25, 0.3) is 5.91 Å². The molecule has 0 atom stereocenters. The number of benzene rings is 3. The van der Waals surface area contributed by atoms with Crippen LogP contribution in [0.4, 0.5) is 5.13 Å². The van der Waals surface area contributed by atoms with E-state index in [-0.39, 0.29) is 5.91 Å². The first-order chi connectivity index (χ1) is 14.5. The van der Waals surface area contributed by atoms with E-state index in [0.29, 0.717) is 12.1 Å². The molecule has 0 aliphatic heterocycles. The molecule has 4 nitrogen and oxygen atoms in total. The normalized spacial score (nSPS) is 11.2. The number of anilines is 1. The summed E-state index contributed by atoms with van der Waals surface area (Å²) in [5.41, 5.74) is 5.04. The standard InChI is InChI=1S/C25H25N3OS/c1-18-9-14-22-23(17-18)30-25(26-22)28(16-15-27(2)3)24(29)21-12-10-20(11-13-21)19-7-5-4-6-8-19/h4-14,17H,15-16H2,1-3H3. The fraction of sp³-hybridized carbons (Fsp3) is 0.200. The number of fused-ring (bicyclic) bond motifs is 1. The highest BCUT2D eigenvalue weighted by Gasteiger charge is 2.21. The van der Waals surface area contributed by atoms with Gasteiger partial charge in [0.15, 0.2) is 5.13 Å². The number of rotatable bonds is 6. The Bertz CT molecular complexity index is 1150. The topological polar surface area (TPSA) is 36.4 Å². The van der Waals surface area contributed by atoms with Crippen molar-refractivity contribution in [1.82, 2.24) is 9.88 Å². The van der Waals surface area contributed by atoms with Crippen LogP contribution in [0.25, 0.3) is 21.3 Å². The molecule has 30 heavy (non-hydrogen) atoms. The molecule has 1 amide bonds. The lowest BCUT2D eigenvalue weighted by Crippen LogP contribution is -2.36. The van der Waals surface area contributed by atoms with Crippen LogP contribution in [0.5, 0.6) is 0 Å². The van der Waals surface area contributed by atoms with Crippen molar-refractivity contribution in [2.75, 3.05) is 32.1 Å². The van der Waals surface area contributed by atoms with Crippen molar-refractivity contribution in [3.05, 3.63) is 83.9 Å². The zero-order valence-corrected chi connectivity index (χ0v) is 18.3. The van der Waals surface area contributed by atoms with Crippen LogP contribution in [0.2, 0.25) is 0 Å². The number of carbonyl (C=O) groups excluding carboxylic acids is 1. The van der Waals surface area contributed by atoms with Crippen LogP contribution in [0, 0.1) is 6.92 Å². The Morgan fingerprint density at radius 2 is 1.60 bits per heavy atom. The summed E-state index contributed by atoms with van der Waals surface area (Å²) < 4.78 is 1.10. The molecule has 4 rings (SSSR count). The molecule has 1 aromatic heterocycles. The van der Waals surface area contributed by atoms with Gasteiger partial charge in [-0.1, -0.05) is 59.9 Å². The smallest absolute Gasteiger partial charge is 0.260 e. The maximum atomic E-state index is 13.4. The van der Waals surface area contributed by atoms with Gasteiger partial charge < -0.3 is 4.90 Å². The average Bonchev–Trinajstić information content (AvgIpc) is 3.17. The minimum atomic E-state index is -0.0211. The average molecular weight is 416 g/mol. The predicted molar refractivity (Wildman–Crippen MR) is 126 cm³/mol. The molecule has 4 aromatic rings. The summed E-state index contributed by atoms with van der Waals surface area (Å²) in [7, 11) is 4.03. The first kappa shape index (κ1) is 20.3. The minimum absolute atomic E-state index is 0.0211. The van der Waals surface area contributed by atoms with E-state index in [1.807, 2.05) is 62.6 Å². The fourth-order valence-corrected chi connectivity index (χ4v) is 4.40. The summed E-state index contributed by atoms with van der Waals surface area (Å²) in [6.07, 6.45) is 0. The quantitative estimate of drug-likeness (QED) is 0.418. The van der Waals surface area contributed by atoms with Crippen molar-refractivity contribution in [3.63, 3.8) is 0 Å². The van der Waals surface area contributed by atoms with Crippen LogP contribution < -0.4 is 4.90 Å². The summed E-state index contributed by atoms with van der Waals surface area (Å²) in [6.45, 7) is 3.43. The third-order valence-corrected chi connectivity index (χ3v) is 6.06. The van der Waals surface area contributed by atoms with Gasteiger partial charge in [0.1, 0.15) is 0 Å². The second kappa shape index (κ2) is 8.78. The molecular formula is C25H25N3OS. The molecule has 0 saturated heterocycles. The van der Waals surface area contributed by atoms with E-state index >= 15 is 0 Å². The lowest BCUT2D eigenvalue weighted by molar-refractivity contribution is 0.0985. The molecule has 0 fully saturated rings. The van der Waals surface area contributed by atoms with Crippen LogP contribution in [-0.4, -0.2) is 43.0 Å². The number of aromatic nitrogens is 1. The van der Waals surface area contributed by atoms with Gasteiger partial charge in [-0.15, -0.1) is 0 Å². The van der Waals surface area contributed by atoms with Gasteiger partial charge in [0.2, 0.25) is 0 Å². The predicted octanol–water partition coefficient (Wildman–Crippen LogP) is 5.48. The van der Waals surface area contributed by atoms with E-state index in [1.165, 1.54) is 5.56 Å². The maximum Gasteiger partial charge on any atom is 0.260 e. The summed E-state index contributed by atoms with van der Waals surface area (Å²) in [6, 6.07) is 24.2. The van der Waals surface area contributed by atoms with Gasteiger partial charge in [-0.2, -0.15) is 0 Å². The van der Waals surface area contributed by atoms with Crippen molar-refractivity contribution < 1.29 is 4.79 Å². The first-order valence-electron chi connectivity index (χ1n) is 10.0. The van der Waals surface area contributed by atoms with Gasteiger partial charge in [0, 0.05) is 18.7 Å². The van der Waals surface area contributed by atoms with E-state index in [1.54, 1.807) is 16.2 Å². The van der Waals surface area contributed by atoms with E-state index in [0.717, 1.165) is 33.0 Å². The Hall–Kier alpha value is -3.02. The third-order valence-electron chi connectivity index (χ3n) is 5.02. The molecule has 0 saturated carbocycles. The molecule has 0 aliphatic carbocycles. The zero-order valence-electron chi connectivity index (χ0n) is 17.5. The number of hydrogen-bond donors (Lipinski definition) is 0. The molecule has 1 heterocycles. The minimum Gasteiger partial charge on any atom is -0.308 e. The number of amides is 1. The molecule has 0 radical (unpaired) electrons. The highest BCUT2D eigenvalue weighted by atomic mass is 32.1. The molecule has 0 bridgehead atoms. The molecule has 0 unspecified atom stereocenters. The highest BCUT2D eigenvalue weighted by Crippen LogP contribution is 2.30. The van der Waals surface area contributed by atoms with Crippen molar-refractivity contribution in [1.29, 1.82) is 0 Å². The van der Waals surface area contributed by atoms with E-state index < -0.39 is 0 Å². The summed E-state index contributed by atoms with van der Waals surface area (Å²) in [5.74, 6) is -0.0211. The van der Waals surface area contributed by atoms with Gasteiger partial charge in [-0.3, -0.25) is 9.69 Å². The Balaban J connectivity index is 1.65. The Kier molecular flexibility index (Phi) is 5.93. The zero-order chi connectivity index (χ0) is 21.1. The van der Waals surface area contributed by atoms with Crippen molar-refractivity contribution in [3.8, 4) is 11.1 Å². The van der Waals surface area contributed by atoms with Gasteiger partial charge in [0.05, 0.1) is 10.2 Å². The van der Waals surface area contributed by atoms with Crippen LogP contribution in [0.1, 0.15) is 15.9 Å². The van der Waals surface area contributed by atoms with E-state index in [4.69, 9.17) is 4.98 Å². The van der Waals surface area contributed by atoms with Crippen LogP contribution >= 0.6 is 11.3 Å². The van der Waals surface area contributed by atoms with Crippen LogP contribution in [-0.2, 0) is 0 Å². The van der Waals surface area contributed by atoms with Gasteiger partial charge in [-0.05, 0) is 62.0 Å². The fourth-order valence-electron chi connectivity index (χ4n) is 3.31. The second-order valence-electron chi connectivity index (χ2n) is 7.67. The third kappa shape index (κ3) is 4.42. The van der Waals surface area contributed by atoms with Crippen molar-refractivity contribution in [2.24, 2.45) is 0 Å². The number of carbonyl (C=O) groups is 1. The molecule has 0 spiro atoms. The van der Waals surface area contributed by atoms with Crippen molar-refractivity contribution >= 4 is 32.6 Å². The molecule has 152 valence electrons. The van der Waals surface area contributed by atoms with Gasteiger partial charge >= 0.3 is 0 Å². The first-order valence-corrected chi connectivity index (χ1v) is 10.8. The SMILES string of the molecule is Cc1ccc2nc(N(CCN(C)C)C(=O)c3ccc(-c4ccccc4)cc3)sc2c1.